The third-order valence-corrected chi connectivity index (χ3v) is 3.22. The lowest BCUT2D eigenvalue weighted by Crippen LogP contribution is -2.46. The number of hydrogen-bond donors (Lipinski definition) is 3. The molecule has 3 N–H and O–H groups in total. The summed E-state index contributed by atoms with van der Waals surface area (Å²) in [4.78, 5) is 31.3. The Hall–Kier alpha value is -2.05. The molecule has 0 saturated carbocycles. The number of carboxylic acids is 1. The van der Waals surface area contributed by atoms with E-state index in [1.54, 1.807) is 12.4 Å². The molecule has 2 rings (SSSR count). The summed E-state index contributed by atoms with van der Waals surface area (Å²) in [7, 11) is 0. The first-order valence-electron chi connectivity index (χ1n) is 6.44. The number of carbonyl (C=O) groups is 2. The highest BCUT2D eigenvalue weighted by Crippen LogP contribution is 2.17. The van der Waals surface area contributed by atoms with Crippen LogP contribution in [0.2, 0.25) is 0 Å². The second-order valence-electron chi connectivity index (χ2n) is 4.56. The van der Waals surface area contributed by atoms with Crippen molar-refractivity contribution in [3.63, 3.8) is 0 Å². The van der Waals surface area contributed by atoms with Crippen LogP contribution in [0.4, 0.5) is 4.79 Å². The Kier molecular flexibility index (Phi) is 4.38. The van der Waals surface area contributed by atoms with Gasteiger partial charge in [0.1, 0.15) is 11.9 Å². The van der Waals surface area contributed by atoms with Crippen LogP contribution in [0.1, 0.15) is 25.1 Å². The third kappa shape index (κ3) is 3.46. The molecular weight excluding hydrogens is 248 g/mol. The van der Waals surface area contributed by atoms with Gasteiger partial charge in [0.25, 0.3) is 0 Å². The quantitative estimate of drug-likeness (QED) is 0.680. The highest BCUT2D eigenvalue weighted by atomic mass is 16.4. The van der Waals surface area contributed by atoms with E-state index in [-0.39, 0.29) is 6.03 Å². The van der Waals surface area contributed by atoms with Crippen molar-refractivity contribution < 1.29 is 14.7 Å². The number of aryl methyl sites for hydroxylation is 1. The molecule has 0 aliphatic carbocycles. The van der Waals surface area contributed by atoms with E-state index in [1.165, 1.54) is 4.90 Å². The van der Waals surface area contributed by atoms with E-state index in [1.807, 2.05) is 0 Å². The minimum atomic E-state index is -0.928. The third-order valence-electron chi connectivity index (χ3n) is 3.22. The highest BCUT2D eigenvalue weighted by molar-refractivity contribution is 5.83. The van der Waals surface area contributed by atoms with Crippen molar-refractivity contribution in [2.75, 3.05) is 13.1 Å². The minimum absolute atomic E-state index is 0.288. The monoisotopic (exact) mass is 266 g/mol. The molecule has 1 atom stereocenters. The van der Waals surface area contributed by atoms with Crippen LogP contribution in [0.15, 0.2) is 12.4 Å². The normalized spacial score (nSPS) is 18.5. The van der Waals surface area contributed by atoms with Gasteiger partial charge in [0.2, 0.25) is 0 Å². The van der Waals surface area contributed by atoms with E-state index < -0.39 is 12.0 Å². The van der Waals surface area contributed by atoms with Gasteiger partial charge in [-0.15, -0.1) is 0 Å². The van der Waals surface area contributed by atoms with Crippen LogP contribution in [-0.2, 0) is 11.2 Å². The van der Waals surface area contributed by atoms with Gasteiger partial charge < -0.3 is 20.3 Å². The van der Waals surface area contributed by atoms with Gasteiger partial charge >= 0.3 is 12.0 Å². The van der Waals surface area contributed by atoms with Crippen LogP contribution in [0.3, 0.4) is 0 Å². The SMILES string of the molecule is O=C(O)C1CCCN1C(=O)NCCCc1ncc[nH]1. The molecule has 1 aromatic heterocycles. The summed E-state index contributed by atoms with van der Waals surface area (Å²) in [5, 5.41) is 11.7. The Balaban J connectivity index is 1.70. The summed E-state index contributed by atoms with van der Waals surface area (Å²) < 4.78 is 0. The Bertz CT molecular complexity index is 432. The van der Waals surface area contributed by atoms with Gasteiger partial charge in [-0.1, -0.05) is 0 Å². The summed E-state index contributed by atoms with van der Waals surface area (Å²) >= 11 is 0. The van der Waals surface area contributed by atoms with Crippen LogP contribution >= 0.6 is 0 Å². The van der Waals surface area contributed by atoms with E-state index in [0.717, 1.165) is 25.1 Å². The van der Waals surface area contributed by atoms with E-state index >= 15 is 0 Å². The van der Waals surface area contributed by atoms with Gasteiger partial charge in [-0.25, -0.2) is 14.6 Å². The number of nitrogens with one attached hydrogen (secondary N) is 2. The van der Waals surface area contributed by atoms with Crippen molar-refractivity contribution in [2.24, 2.45) is 0 Å². The molecule has 1 aliphatic heterocycles. The molecule has 0 bridgehead atoms. The Labute approximate surface area is 111 Å². The number of aromatic nitrogens is 2. The first-order valence-corrected chi connectivity index (χ1v) is 6.44. The number of H-pyrrole nitrogens is 1. The number of hydrogen-bond acceptors (Lipinski definition) is 3. The zero-order valence-corrected chi connectivity index (χ0v) is 10.6. The van der Waals surface area contributed by atoms with Crippen molar-refractivity contribution in [2.45, 2.75) is 31.7 Å². The summed E-state index contributed by atoms with van der Waals surface area (Å²) in [5.41, 5.74) is 0. The predicted octanol–water partition coefficient (Wildman–Crippen LogP) is 0.601. The van der Waals surface area contributed by atoms with Crippen molar-refractivity contribution in [1.29, 1.82) is 0 Å². The predicted molar refractivity (Wildman–Crippen MR) is 67.7 cm³/mol. The fourth-order valence-electron chi connectivity index (χ4n) is 2.25. The number of carboxylic acid groups (broad SMARTS) is 1. The molecule has 1 aliphatic rings. The number of aliphatic carboxylic acids is 1. The minimum Gasteiger partial charge on any atom is -0.480 e. The molecular formula is C12H18N4O3. The van der Waals surface area contributed by atoms with Gasteiger partial charge in [-0.3, -0.25) is 0 Å². The molecule has 1 unspecified atom stereocenters. The number of carbonyl (C=O) groups excluding carboxylic acids is 1. The van der Waals surface area contributed by atoms with Crippen LogP contribution in [0.5, 0.6) is 0 Å². The fourth-order valence-corrected chi connectivity index (χ4v) is 2.25. The van der Waals surface area contributed by atoms with Crippen LogP contribution in [0.25, 0.3) is 0 Å². The maximum atomic E-state index is 11.8. The molecule has 1 fully saturated rings. The standard InChI is InChI=1S/C12H18N4O3/c17-11(18)9-3-2-8-16(9)12(19)15-5-1-4-10-13-6-7-14-10/h6-7,9H,1-5,8H2,(H,13,14)(H,15,19)(H,17,18). The summed E-state index contributed by atoms with van der Waals surface area (Å²) in [6, 6.07) is -0.964. The maximum Gasteiger partial charge on any atom is 0.326 e. The molecule has 0 aromatic carbocycles. The molecule has 2 heterocycles. The second-order valence-corrected chi connectivity index (χ2v) is 4.56. The zero-order valence-electron chi connectivity index (χ0n) is 10.6. The lowest BCUT2D eigenvalue weighted by Gasteiger charge is -2.21. The summed E-state index contributed by atoms with van der Waals surface area (Å²) in [5.74, 6) is -0.0398. The van der Waals surface area contributed by atoms with Gasteiger partial charge in [-0.05, 0) is 19.3 Å². The van der Waals surface area contributed by atoms with Gasteiger partial charge in [0.15, 0.2) is 0 Å². The first kappa shape index (κ1) is 13.4. The molecule has 2 amide bonds. The molecule has 0 spiro atoms. The van der Waals surface area contributed by atoms with Crippen molar-refractivity contribution >= 4 is 12.0 Å². The van der Waals surface area contributed by atoms with E-state index in [9.17, 15) is 9.59 Å². The Morgan fingerprint density at radius 1 is 1.58 bits per heavy atom. The molecule has 1 saturated heterocycles. The van der Waals surface area contributed by atoms with Crippen molar-refractivity contribution in [3.8, 4) is 0 Å². The van der Waals surface area contributed by atoms with E-state index in [2.05, 4.69) is 15.3 Å². The molecule has 19 heavy (non-hydrogen) atoms. The summed E-state index contributed by atoms with van der Waals surface area (Å²) in [6.07, 6.45) is 6.26. The molecule has 1 aromatic rings. The Morgan fingerprint density at radius 2 is 2.42 bits per heavy atom. The lowest BCUT2D eigenvalue weighted by atomic mass is 10.2. The van der Waals surface area contributed by atoms with Gasteiger partial charge in [0.05, 0.1) is 0 Å². The first-order chi connectivity index (χ1) is 9.18. The maximum absolute atomic E-state index is 11.8. The average molecular weight is 266 g/mol. The number of likely N-dealkylation sites (tertiary alicyclic amines) is 1. The van der Waals surface area contributed by atoms with E-state index in [4.69, 9.17) is 5.11 Å². The van der Waals surface area contributed by atoms with E-state index in [0.29, 0.717) is 19.5 Å². The number of nitrogens with zero attached hydrogens (tertiary/aromatic N) is 2. The topological polar surface area (TPSA) is 98.3 Å². The number of amides is 2. The average Bonchev–Trinajstić information content (AvgIpc) is 3.04. The Morgan fingerprint density at radius 3 is 3.11 bits per heavy atom. The molecule has 104 valence electrons. The van der Waals surface area contributed by atoms with Gasteiger partial charge in [0, 0.05) is 31.9 Å². The fraction of sp³-hybridized carbons (Fsp3) is 0.583. The highest BCUT2D eigenvalue weighted by Gasteiger charge is 2.33. The van der Waals surface area contributed by atoms with Crippen LogP contribution in [0, 0.1) is 0 Å². The van der Waals surface area contributed by atoms with Crippen LogP contribution < -0.4 is 5.32 Å². The number of aromatic amines is 1. The molecule has 7 nitrogen and oxygen atoms in total. The number of rotatable bonds is 5. The number of urea groups is 1. The second kappa shape index (κ2) is 6.21. The smallest absolute Gasteiger partial charge is 0.326 e. The van der Waals surface area contributed by atoms with Gasteiger partial charge in [-0.2, -0.15) is 0 Å². The molecule has 0 radical (unpaired) electrons. The van der Waals surface area contributed by atoms with Crippen LogP contribution in [-0.4, -0.2) is 51.1 Å². The summed E-state index contributed by atoms with van der Waals surface area (Å²) in [6.45, 7) is 1.03. The van der Waals surface area contributed by atoms with Crippen molar-refractivity contribution in [3.05, 3.63) is 18.2 Å². The lowest BCUT2D eigenvalue weighted by molar-refractivity contribution is -0.141. The number of imidazole rings is 1. The zero-order chi connectivity index (χ0) is 13.7. The molecule has 7 heteroatoms. The van der Waals surface area contributed by atoms with Crippen molar-refractivity contribution in [1.82, 2.24) is 20.2 Å². The largest absolute Gasteiger partial charge is 0.480 e.